The number of hydrogen-bond acceptors (Lipinski definition) is 3. The highest BCUT2D eigenvalue weighted by Gasteiger charge is 2.44. The van der Waals surface area contributed by atoms with Crippen LogP contribution in [-0.4, -0.2) is 13.0 Å². The van der Waals surface area contributed by atoms with Crippen molar-refractivity contribution in [3.63, 3.8) is 0 Å². The summed E-state index contributed by atoms with van der Waals surface area (Å²) in [4.78, 5) is 12.3. The van der Waals surface area contributed by atoms with E-state index in [1.807, 2.05) is 31.3 Å². The predicted molar refractivity (Wildman–Crippen MR) is 83.1 cm³/mol. The number of esters is 1. The van der Waals surface area contributed by atoms with Crippen LogP contribution in [-0.2, 0) is 4.79 Å². The van der Waals surface area contributed by atoms with Crippen LogP contribution in [0.5, 0.6) is 5.75 Å². The molecular formula is C18H25NO2. The van der Waals surface area contributed by atoms with Crippen molar-refractivity contribution in [1.29, 1.82) is 0 Å². The van der Waals surface area contributed by atoms with Crippen molar-refractivity contribution in [2.75, 3.05) is 7.05 Å². The molecule has 2 aliphatic rings. The summed E-state index contributed by atoms with van der Waals surface area (Å²) in [5.74, 6) is 2.16. The third-order valence-corrected chi connectivity index (χ3v) is 5.30. The van der Waals surface area contributed by atoms with Crippen molar-refractivity contribution in [1.82, 2.24) is 5.32 Å². The van der Waals surface area contributed by atoms with Gasteiger partial charge in [0.15, 0.2) is 0 Å². The van der Waals surface area contributed by atoms with E-state index in [0.717, 1.165) is 18.8 Å². The molecule has 3 heteroatoms. The zero-order chi connectivity index (χ0) is 14.8. The molecule has 4 atom stereocenters. The molecular weight excluding hydrogens is 262 g/mol. The zero-order valence-electron chi connectivity index (χ0n) is 13.0. The number of fused-ring (bicyclic) bond motifs is 2. The largest absolute Gasteiger partial charge is 0.426 e. The van der Waals surface area contributed by atoms with E-state index in [9.17, 15) is 4.79 Å². The Balaban J connectivity index is 1.61. The molecule has 1 aromatic rings. The first-order valence-corrected chi connectivity index (χ1v) is 8.20. The average molecular weight is 287 g/mol. The molecule has 2 bridgehead atoms. The van der Waals surface area contributed by atoms with Crippen LogP contribution >= 0.6 is 0 Å². The highest BCUT2D eigenvalue weighted by atomic mass is 16.5. The highest BCUT2D eigenvalue weighted by molar-refractivity contribution is 5.76. The first-order valence-electron chi connectivity index (χ1n) is 8.20. The Labute approximate surface area is 127 Å². The van der Waals surface area contributed by atoms with Crippen molar-refractivity contribution in [2.45, 2.75) is 45.1 Å². The fraction of sp³-hybridized carbons (Fsp3) is 0.611. The van der Waals surface area contributed by atoms with Gasteiger partial charge in [0, 0.05) is 6.04 Å². The lowest BCUT2D eigenvalue weighted by Crippen LogP contribution is -2.25. The van der Waals surface area contributed by atoms with E-state index in [-0.39, 0.29) is 11.9 Å². The van der Waals surface area contributed by atoms with Gasteiger partial charge in [0.05, 0.1) is 5.92 Å². The van der Waals surface area contributed by atoms with Gasteiger partial charge in [-0.3, -0.25) is 4.79 Å². The van der Waals surface area contributed by atoms with Crippen LogP contribution in [0.3, 0.4) is 0 Å². The number of hydrogen-bond donors (Lipinski definition) is 1. The minimum Gasteiger partial charge on any atom is -0.426 e. The molecule has 2 saturated carbocycles. The molecule has 3 rings (SSSR count). The number of carbonyl (C=O) groups is 1. The van der Waals surface area contributed by atoms with E-state index < -0.39 is 0 Å². The minimum absolute atomic E-state index is 0.0180. The van der Waals surface area contributed by atoms with Gasteiger partial charge in [-0.15, -0.1) is 0 Å². The average Bonchev–Trinajstić information content (AvgIpc) is 3.13. The molecule has 0 amide bonds. The second kappa shape index (κ2) is 6.18. The first kappa shape index (κ1) is 14.6. The summed E-state index contributed by atoms with van der Waals surface area (Å²) >= 11 is 0. The normalized spacial score (nSPS) is 28.6. The van der Waals surface area contributed by atoms with Crippen LogP contribution in [0.2, 0.25) is 0 Å². The van der Waals surface area contributed by atoms with Gasteiger partial charge >= 0.3 is 5.97 Å². The number of benzene rings is 1. The maximum absolute atomic E-state index is 12.3. The smallest absolute Gasteiger partial charge is 0.314 e. The number of rotatable bonds is 5. The van der Waals surface area contributed by atoms with Gasteiger partial charge in [0.25, 0.3) is 0 Å². The minimum atomic E-state index is -0.0180. The maximum Gasteiger partial charge on any atom is 0.314 e. The van der Waals surface area contributed by atoms with Crippen LogP contribution < -0.4 is 10.1 Å². The van der Waals surface area contributed by atoms with Gasteiger partial charge in [-0.05, 0) is 62.3 Å². The Hall–Kier alpha value is -1.35. The fourth-order valence-electron chi connectivity index (χ4n) is 4.10. The molecule has 2 fully saturated rings. The molecule has 2 aliphatic carbocycles. The molecule has 0 radical (unpaired) electrons. The molecule has 4 unspecified atom stereocenters. The molecule has 0 saturated heterocycles. The quantitative estimate of drug-likeness (QED) is 0.663. The number of carbonyl (C=O) groups excluding carboxylic acids is 1. The summed E-state index contributed by atoms with van der Waals surface area (Å²) in [5.41, 5.74) is 1.24. The molecule has 114 valence electrons. The van der Waals surface area contributed by atoms with Crippen molar-refractivity contribution in [3.05, 3.63) is 29.8 Å². The third-order valence-electron chi connectivity index (χ3n) is 5.30. The molecule has 3 nitrogen and oxygen atoms in total. The molecule has 0 aromatic heterocycles. The highest BCUT2D eigenvalue weighted by Crippen LogP contribution is 2.48. The standard InChI is InChI=1S/C18H25NO2/c1-3-17(19-2)13-6-8-15(9-7-13)21-18(20)16-11-12-4-5-14(16)10-12/h6-9,12,14,16-17,19H,3-5,10-11H2,1-2H3. The van der Waals surface area contributed by atoms with E-state index >= 15 is 0 Å². The van der Waals surface area contributed by atoms with Gasteiger partial charge in [-0.25, -0.2) is 0 Å². The second-order valence-corrected chi connectivity index (χ2v) is 6.52. The lowest BCUT2D eigenvalue weighted by Gasteiger charge is -2.20. The van der Waals surface area contributed by atoms with Crippen LogP contribution in [0.25, 0.3) is 0 Å². The number of nitrogens with one attached hydrogen (secondary N) is 1. The van der Waals surface area contributed by atoms with Crippen molar-refractivity contribution in [2.24, 2.45) is 17.8 Å². The lowest BCUT2D eigenvalue weighted by atomic mass is 9.89. The Morgan fingerprint density at radius 3 is 2.57 bits per heavy atom. The summed E-state index contributed by atoms with van der Waals surface area (Å²) in [6.45, 7) is 2.16. The topological polar surface area (TPSA) is 38.3 Å². The summed E-state index contributed by atoms with van der Waals surface area (Å²) in [7, 11) is 1.97. The SMILES string of the molecule is CCC(NC)c1ccc(OC(=O)C2CC3CCC2C3)cc1. The maximum atomic E-state index is 12.3. The summed E-state index contributed by atoms with van der Waals surface area (Å²) < 4.78 is 5.59. The Morgan fingerprint density at radius 2 is 2.05 bits per heavy atom. The van der Waals surface area contributed by atoms with Crippen molar-refractivity contribution < 1.29 is 9.53 Å². The molecule has 1 aromatic carbocycles. The Bertz CT molecular complexity index is 492. The third kappa shape index (κ3) is 2.98. The Morgan fingerprint density at radius 1 is 1.29 bits per heavy atom. The monoisotopic (exact) mass is 287 g/mol. The molecule has 0 aliphatic heterocycles. The fourth-order valence-corrected chi connectivity index (χ4v) is 4.10. The number of ether oxygens (including phenoxy) is 1. The van der Waals surface area contributed by atoms with Gasteiger partial charge in [0.2, 0.25) is 0 Å². The van der Waals surface area contributed by atoms with Gasteiger partial charge in [-0.1, -0.05) is 25.5 Å². The lowest BCUT2D eigenvalue weighted by molar-refractivity contribution is -0.140. The summed E-state index contributed by atoms with van der Waals surface area (Å²) in [6, 6.07) is 8.29. The van der Waals surface area contributed by atoms with E-state index in [1.54, 1.807) is 0 Å². The van der Waals surface area contributed by atoms with E-state index in [2.05, 4.69) is 12.2 Å². The van der Waals surface area contributed by atoms with E-state index in [1.165, 1.54) is 24.8 Å². The van der Waals surface area contributed by atoms with Crippen molar-refractivity contribution in [3.8, 4) is 5.75 Å². The van der Waals surface area contributed by atoms with Crippen LogP contribution in [0.15, 0.2) is 24.3 Å². The van der Waals surface area contributed by atoms with Crippen molar-refractivity contribution >= 4 is 5.97 Å². The molecule has 1 N–H and O–H groups in total. The van der Waals surface area contributed by atoms with E-state index in [4.69, 9.17) is 4.74 Å². The zero-order valence-corrected chi connectivity index (χ0v) is 13.0. The second-order valence-electron chi connectivity index (χ2n) is 6.52. The molecule has 0 heterocycles. The van der Waals surface area contributed by atoms with Crippen LogP contribution in [0.1, 0.15) is 50.6 Å². The molecule has 21 heavy (non-hydrogen) atoms. The van der Waals surface area contributed by atoms with Gasteiger partial charge < -0.3 is 10.1 Å². The first-order chi connectivity index (χ1) is 10.2. The predicted octanol–water partition coefficient (Wildman–Crippen LogP) is 3.70. The summed E-state index contributed by atoms with van der Waals surface area (Å²) in [5, 5.41) is 3.28. The Kier molecular flexibility index (Phi) is 4.29. The van der Waals surface area contributed by atoms with Gasteiger partial charge in [-0.2, -0.15) is 0 Å². The van der Waals surface area contributed by atoms with E-state index in [0.29, 0.717) is 17.7 Å². The summed E-state index contributed by atoms with van der Waals surface area (Å²) in [6.07, 6.45) is 5.84. The molecule has 0 spiro atoms. The van der Waals surface area contributed by atoms with Crippen LogP contribution in [0, 0.1) is 17.8 Å². The van der Waals surface area contributed by atoms with Crippen LogP contribution in [0.4, 0.5) is 0 Å². The van der Waals surface area contributed by atoms with Gasteiger partial charge in [0.1, 0.15) is 5.75 Å².